The van der Waals surface area contributed by atoms with Crippen molar-refractivity contribution >= 4 is 13.4 Å². The van der Waals surface area contributed by atoms with Crippen LogP contribution in [0.15, 0.2) is 18.3 Å². The maximum absolute atomic E-state index is 2.33. The molecule has 0 atom stereocenters. The van der Waals surface area contributed by atoms with Crippen molar-refractivity contribution in [1.82, 2.24) is 4.57 Å². The number of aryl methyl sites for hydroxylation is 1. The van der Waals surface area contributed by atoms with Gasteiger partial charge in [0.25, 0.3) is 0 Å². The largest absolute Gasteiger partial charge is 0.351 e. The highest BCUT2D eigenvalue weighted by Crippen LogP contribution is 2.44. The van der Waals surface area contributed by atoms with Gasteiger partial charge in [0, 0.05) is 18.7 Å². The van der Waals surface area contributed by atoms with Crippen molar-refractivity contribution in [1.29, 1.82) is 0 Å². The SMILES string of the molecule is CC(C)P(c1cccn1C)C(C)C. The third-order valence-corrected chi connectivity index (χ3v) is 5.51. The lowest BCUT2D eigenvalue weighted by atomic mass is 10.5. The van der Waals surface area contributed by atoms with Crippen LogP contribution in [0.4, 0.5) is 0 Å². The second-order valence-corrected chi connectivity index (χ2v) is 7.41. The highest BCUT2D eigenvalue weighted by atomic mass is 31.1. The molecule has 0 unspecified atom stereocenters. The van der Waals surface area contributed by atoms with E-state index in [1.807, 2.05) is 0 Å². The van der Waals surface area contributed by atoms with Crippen LogP contribution in [0, 0.1) is 0 Å². The highest BCUT2D eigenvalue weighted by molar-refractivity contribution is 7.66. The summed E-state index contributed by atoms with van der Waals surface area (Å²) in [5.41, 5.74) is 3.09. The smallest absolute Gasteiger partial charge is 0.0412 e. The molecule has 2 heteroatoms. The van der Waals surface area contributed by atoms with Gasteiger partial charge in [-0.2, -0.15) is 0 Å². The van der Waals surface area contributed by atoms with Crippen LogP contribution < -0.4 is 5.44 Å². The lowest BCUT2D eigenvalue weighted by Crippen LogP contribution is -2.20. The van der Waals surface area contributed by atoms with Crippen LogP contribution in [0.1, 0.15) is 27.7 Å². The summed E-state index contributed by atoms with van der Waals surface area (Å²) in [4.78, 5) is 0. The van der Waals surface area contributed by atoms with Crippen LogP contribution in [0.5, 0.6) is 0 Å². The van der Waals surface area contributed by atoms with E-state index in [1.54, 1.807) is 0 Å². The molecule has 0 N–H and O–H groups in total. The summed E-state index contributed by atoms with van der Waals surface area (Å²) in [6, 6.07) is 4.42. The van der Waals surface area contributed by atoms with Gasteiger partial charge in [0.1, 0.15) is 0 Å². The van der Waals surface area contributed by atoms with Crippen LogP contribution >= 0.6 is 7.92 Å². The van der Waals surface area contributed by atoms with E-state index < -0.39 is 0 Å². The van der Waals surface area contributed by atoms with Gasteiger partial charge in [-0.1, -0.05) is 35.6 Å². The van der Waals surface area contributed by atoms with Gasteiger partial charge in [0.15, 0.2) is 0 Å². The molecule has 0 aliphatic carbocycles. The summed E-state index contributed by atoms with van der Waals surface area (Å²) in [6.45, 7) is 9.33. The van der Waals surface area contributed by atoms with Gasteiger partial charge in [-0.25, -0.2) is 0 Å². The first-order valence-electron chi connectivity index (χ1n) is 4.93. The molecule has 0 fully saturated rings. The fourth-order valence-electron chi connectivity index (χ4n) is 1.85. The first-order chi connectivity index (χ1) is 6.04. The van der Waals surface area contributed by atoms with Gasteiger partial charge < -0.3 is 4.57 Å². The van der Waals surface area contributed by atoms with E-state index in [0.29, 0.717) is 0 Å². The molecule has 0 aromatic carbocycles. The quantitative estimate of drug-likeness (QED) is 0.656. The van der Waals surface area contributed by atoms with Gasteiger partial charge in [-0.15, -0.1) is 0 Å². The molecule has 1 nitrogen and oxygen atoms in total. The van der Waals surface area contributed by atoms with Crippen molar-refractivity contribution in [3.05, 3.63) is 18.3 Å². The van der Waals surface area contributed by atoms with Crippen LogP contribution in [0.3, 0.4) is 0 Å². The summed E-state index contributed by atoms with van der Waals surface area (Å²) in [6.07, 6.45) is 2.15. The van der Waals surface area contributed by atoms with Crippen LogP contribution in [-0.2, 0) is 7.05 Å². The number of hydrogen-bond donors (Lipinski definition) is 0. The molecule has 0 aliphatic rings. The van der Waals surface area contributed by atoms with Gasteiger partial charge in [0.2, 0.25) is 0 Å². The molecule has 0 amide bonds. The minimum Gasteiger partial charge on any atom is -0.351 e. The molecule has 0 radical (unpaired) electrons. The highest BCUT2D eigenvalue weighted by Gasteiger charge is 2.20. The van der Waals surface area contributed by atoms with Gasteiger partial charge >= 0.3 is 0 Å². The Labute approximate surface area is 82.9 Å². The molecule has 1 aromatic heterocycles. The van der Waals surface area contributed by atoms with E-state index in [-0.39, 0.29) is 7.92 Å². The Morgan fingerprint density at radius 3 is 2.00 bits per heavy atom. The van der Waals surface area contributed by atoms with E-state index in [4.69, 9.17) is 0 Å². The van der Waals surface area contributed by atoms with Crippen molar-refractivity contribution in [2.75, 3.05) is 0 Å². The molecular weight excluding hydrogens is 177 g/mol. The van der Waals surface area contributed by atoms with Crippen molar-refractivity contribution in [2.24, 2.45) is 7.05 Å². The van der Waals surface area contributed by atoms with Crippen LogP contribution in [0.2, 0.25) is 0 Å². The van der Waals surface area contributed by atoms with Gasteiger partial charge in [-0.3, -0.25) is 0 Å². The summed E-state index contributed by atoms with van der Waals surface area (Å²) in [7, 11) is 2.15. The van der Waals surface area contributed by atoms with Gasteiger partial charge in [-0.05, 0) is 23.5 Å². The molecule has 0 aliphatic heterocycles. The Kier molecular flexibility index (Phi) is 3.55. The molecule has 0 saturated heterocycles. The Morgan fingerprint density at radius 1 is 1.15 bits per heavy atom. The Morgan fingerprint density at radius 2 is 1.69 bits per heavy atom. The third-order valence-electron chi connectivity index (χ3n) is 2.29. The number of rotatable bonds is 3. The molecular formula is C11H20NP. The minimum absolute atomic E-state index is 0.00540. The maximum atomic E-state index is 2.33. The molecule has 0 bridgehead atoms. The van der Waals surface area contributed by atoms with Crippen molar-refractivity contribution in [2.45, 2.75) is 39.0 Å². The standard InChI is InChI=1S/C11H20NP/c1-9(2)13(10(3)4)11-7-6-8-12(11)5/h6-10H,1-5H3. The van der Waals surface area contributed by atoms with Crippen molar-refractivity contribution in [3.8, 4) is 0 Å². The lowest BCUT2D eigenvalue weighted by molar-refractivity contribution is 0.942. The number of nitrogens with zero attached hydrogens (tertiary/aromatic N) is 1. The van der Waals surface area contributed by atoms with E-state index in [1.165, 1.54) is 5.44 Å². The second-order valence-electron chi connectivity index (χ2n) is 4.07. The minimum atomic E-state index is 0.00540. The first-order valence-corrected chi connectivity index (χ1v) is 6.41. The predicted molar refractivity (Wildman–Crippen MR) is 62.2 cm³/mol. The summed E-state index contributed by atoms with van der Waals surface area (Å²) in [5, 5.41) is 0. The second kappa shape index (κ2) is 4.28. The molecule has 74 valence electrons. The molecule has 1 heterocycles. The molecule has 0 spiro atoms. The fourth-order valence-corrected chi connectivity index (χ4v) is 4.79. The van der Waals surface area contributed by atoms with E-state index in [0.717, 1.165) is 11.3 Å². The van der Waals surface area contributed by atoms with Gasteiger partial charge in [0.05, 0.1) is 0 Å². The van der Waals surface area contributed by atoms with E-state index >= 15 is 0 Å². The van der Waals surface area contributed by atoms with Crippen LogP contribution in [0.25, 0.3) is 0 Å². The lowest BCUT2D eigenvalue weighted by Gasteiger charge is -2.26. The Bertz CT molecular complexity index is 255. The zero-order chi connectivity index (χ0) is 10.0. The average molecular weight is 197 g/mol. The Balaban J connectivity index is 2.95. The molecule has 0 saturated carbocycles. The zero-order valence-electron chi connectivity index (χ0n) is 9.28. The van der Waals surface area contributed by atoms with E-state index in [2.05, 4.69) is 57.6 Å². The Hall–Kier alpha value is -0.290. The predicted octanol–water partition coefficient (Wildman–Crippen LogP) is 2.95. The first kappa shape index (κ1) is 10.8. The van der Waals surface area contributed by atoms with E-state index in [9.17, 15) is 0 Å². The number of aromatic nitrogens is 1. The maximum Gasteiger partial charge on any atom is 0.0412 e. The summed E-state index contributed by atoms with van der Waals surface area (Å²) >= 11 is 0. The monoisotopic (exact) mass is 197 g/mol. The summed E-state index contributed by atoms with van der Waals surface area (Å²) < 4.78 is 2.27. The summed E-state index contributed by atoms with van der Waals surface area (Å²) in [5.74, 6) is 0. The zero-order valence-corrected chi connectivity index (χ0v) is 10.2. The third kappa shape index (κ3) is 2.34. The average Bonchev–Trinajstić information content (AvgIpc) is 2.35. The normalized spacial score (nSPS) is 12.0. The van der Waals surface area contributed by atoms with Crippen LogP contribution in [-0.4, -0.2) is 15.9 Å². The molecule has 1 aromatic rings. The fraction of sp³-hybridized carbons (Fsp3) is 0.636. The van der Waals surface area contributed by atoms with Crippen molar-refractivity contribution in [3.63, 3.8) is 0 Å². The topological polar surface area (TPSA) is 4.93 Å². The molecule has 13 heavy (non-hydrogen) atoms. The number of hydrogen-bond acceptors (Lipinski definition) is 0. The van der Waals surface area contributed by atoms with Crippen molar-refractivity contribution < 1.29 is 0 Å². The molecule has 1 rings (SSSR count).